The van der Waals surface area contributed by atoms with Gasteiger partial charge >= 0.3 is 0 Å². The Morgan fingerprint density at radius 2 is 2.00 bits per heavy atom. The zero-order chi connectivity index (χ0) is 17.1. The summed E-state index contributed by atoms with van der Waals surface area (Å²) >= 11 is 0. The molecule has 1 atom stereocenters. The Labute approximate surface area is 142 Å². The molecule has 0 aromatic carbocycles. The summed E-state index contributed by atoms with van der Waals surface area (Å²) in [5.74, 6) is 0.284. The van der Waals surface area contributed by atoms with Gasteiger partial charge in [0.15, 0.2) is 0 Å². The third-order valence-electron chi connectivity index (χ3n) is 5.24. The fraction of sp³-hybridized carbons (Fsp3) is 0.611. The van der Waals surface area contributed by atoms with Gasteiger partial charge in [-0.05, 0) is 43.7 Å². The maximum atomic E-state index is 12.7. The van der Waals surface area contributed by atoms with E-state index in [9.17, 15) is 14.7 Å². The number of hydrogen-bond acceptors (Lipinski definition) is 4. The summed E-state index contributed by atoms with van der Waals surface area (Å²) in [7, 11) is 0. The molecule has 130 valence electrons. The number of piperidine rings is 1. The van der Waals surface area contributed by atoms with Crippen LogP contribution in [0.5, 0.6) is 0 Å². The van der Waals surface area contributed by atoms with Crippen molar-refractivity contribution in [2.24, 2.45) is 11.8 Å². The Kier molecular flexibility index (Phi) is 5.14. The highest BCUT2D eigenvalue weighted by Gasteiger charge is 2.37. The van der Waals surface area contributed by atoms with Crippen molar-refractivity contribution in [1.82, 2.24) is 15.2 Å². The van der Waals surface area contributed by atoms with E-state index in [-0.39, 0.29) is 35.8 Å². The molecule has 3 rings (SSSR count). The largest absolute Gasteiger partial charge is 0.393 e. The Morgan fingerprint density at radius 3 is 2.54 bits per heavy atom. The molecule has 0 radical (unpaired) electrons. The topological polar surface area (TPSA) is 82.5 Å². The minimum atomic E-state index is -0.267. The van der Waals surface area contributed by atoms with Crippen LogP contribution in [-0.2, 0) is 9.59 Å². The summed E-state index contributed by atoms with van der Waals surface area (Å²) in [6.45, 7) is 2.85. The van der Waals surface area contributed by atoms with Crippen LogP contribution in [0.15, 0.2) is 24.4 Å². The molecule has 1 saturated carbocycles. The SMILES string of the molecule is CC(=O)N1CCC(C(=O)NC(c2ccccn2)C2CC(O)C2)CC1. The molecule has 1 aromatic rings. The zero-order valence-electron chi connectivity index (χ0n) is 14.0. The van der Waals surface area contributed by atoms with Crippen molar-refractivity contribution in [2.75, 3.05) is 13.1 Å². The molecule has 6 heteroatoms. The minimum Gasteiger partial charge on any atom is -0.393 e. The average molecular weight is 331 g/mol. The molecular formula is C18H25N3O3. The quantitative estimate of drug-likeness (QED) is 0.870. The highest BCUT2D eigenvalue weighted by atomic mass is 16.3. The van der Waals surface area contributed by atoms with Gasteiger partial charge in [0.25, 0.3) is 0 Å². The van der Waals surface area contributed by atoms with Crippen LogP contribution >= 0.6 is 0 Å². The molecule has 1 saturated heterocycles. The van der Waals surface area contributed by atoms with Gasteiger partial charge in [0, 0.05) is 32.1 Å². The van der Waals surface area contributed by atoms with Gasteiger partial charge in [0.1, 0.15) is 0 Å². The van der Waals surface area contributed by atoms with E-state index < -0.39 is 0 Å². The molecule has 0 spiro atoms. The molecule has 2 amide bonds. The van der Waals surface area contributed by atoms with Crippen molar-refractivity contribution < 1.29 is 14.7 Å². The molecule has 2 fully saturated rings. The Bertz CT molecular complexity index is 578. The van der Waals surface area contributed by atoms with E-state index in [0.29, 0.717) is 38.8 Å². The maximum Gasteiger partial charge on any atom is 0.223 e. The van der Waals surface area contributed by atoms with Crippen LogP contribution in [-0.4, -0.2) is 46.0 Å². The molecule has 0 bridgehead atoms. The number of nitrogens with zero attached hydrogens (tertiary/aromatic N) is 2. The molecule has 1 unspecified atom stereocenters. The fourth-order valence-electron chi connectivity index (χ4n) is 3.62. The zero-order valence-corrected chi connectivity index (χ0v) is 14.0. The van der Waals surface area contributed by atoms with E-state index >= 15 is 0 Å². The van der Waals surface area contributed by atoms with Crippen LogP contribution in [0.2, 0.25) is 0 Å². The predicted octanol–water partition coefficient (Wildman–Crippen LogP) is 1.27. The van der Waals surface area contributed by atoms with Crippen molar-refractivity contribution in [3.05, 3.63) is 30.1 Å². The maximum absolute atomic E-state index is 12.7. The lowest BCUT2D eigenvalue weighted by Gasteiger charge is -2.39. The average Bonchev–Trinajstić information content (AvgIpc) is 2.58. The van der Waals surface area contributed by atoms with E-state index in [1.807, 2.05) is 18.2 Å². The number of hydrogen-bond donors (Lipinski definition) is 2. The number of likely N-dealkylation sites (tertiary alicyclic amines) is 1. The van der Waals surface area contributed by atoms with Crippen LogP contribution < -0.4 is 5.32 Å². The lowest BCUT2D eigenvalue weighted by atomic mass is 9.76. The summed E-state index contributed by atoms with van der Waals surface area (Å²) in [5.41, 5.74) is 0.851. The summed E-state index contributed by atoms with van der Waals surface area (Å²) < 4.78 is 0. The number of aliphatic hydroxyl groups excluding tert-OH is 1. The van der Waals surface area contributed by atoms with Crippen LogP contribution in [0.4, 0.5) is 0 Å². The van der Waals surface area contributed by atoms with Crippen molar-refractivity contribution in [1.29, 1.82) is 0 Å². The molecule has 1 aromatic heterocycles. The third kappa shape index (κ3) is 3.75. The highest BCUT2D eigenvalue weighted by molar-refractivity contribution is 5.80. The monoisotopic (exact) mass is 331 g/mol. The third-order valence-corrected chi connectivity index (χ3v) is 5.24. The van der Waals surface area contributed by atoms with Gasteiger partial charge < -0.3 is 15.3 Å². The van der Waals surface area contributed by atoms with E-state index in [1.165, 1.54) is 0 Å². The molecule has 24 heavy (non-hydrogen) atoms. The molecule has 1 aliphatic heterocycles. The van der Waals surface area contributed by atoms with Crippen molar-refractivity contribution >= 4 is 11.8 Å². The predicted molar refractivity (Wildman–Crippen MR) is 88.8 cm³/mol. The fourth-order valence-corrected chi connectivity index (χ4v) is 3.62. The number of carbonyl (C=O) groups is 2. The normalized spacial score (nSPS) is 25.7. The molecule has 1 aliphatic carbocycles. The van der Waals surface area contributed by atoms with E-state index in [4.69, 9.17) is 0 Å². The Morgan fingerprint density at radius 1 is 1.29 bits per heavy atom. The lowest BCUT2D eigenvalue weighted by molar-refractivity contribution is -0.134. The number of aliphatic hydroxyl groups is 1. The van der Waals surface area contributed by atoms with Crippen LogP contribution in [0.3, 0.4) is 0 Å². The van der Waals surface area contributed by atoms with Gasteiger partial charge in [-0.3, -0.25) is 14.6 Å². The van der Waals surface area contributed by atoms with Crippen molar-refractivity contribution in [3.63, 3.8) is 0 Å². The summed E-state index contributed by atoms with van der Waals surface area (Å²) in [6.07, 6.45) is 4.27. The summed E-state index contributed by atoms with van der Waals surface area (Å²) in [6, 6.07) is 5.55. The van der Waals surface area contributed by atoms with Gasteiger partial charge in [0.05, 0.1) is 17.8 Å². The number of amides is 2. The number of pyridine rings is 1. The van der Waals surface area contributed by atoms with Gasteiger partial charge in [-0.1, -0.05) is 6.07 Å². The molecule has 6 nitrogen and oxygen atoms in total. The number of carbonyl (C=O) groups excluding carboxylic acids is 2. The summed E-state index contributed by atoms with van der Waals surface area (Å²) in [4.78, 5) is 30.3. The molecule has 2 N–H and O–H groups in total. The molecule has 2 heterocycles. The Balaban J connectivity index is 1.63. The first-order valence-electron chi connectivity index (χ1n) is 8.69. The number of aromatic nitrogens is 1. The van der Waals surface area contributed by atoms with E-state index in [1.54, 1.807) is 18.0 Å². The standard InChI is InChI=1S/C18H25N3O3/c1-12(22)21-8-5-13(6-9-21)18(24)20-17(14-10-15(23)11-14)16-4-2-3-7-19-16/h2-4,7,13-15,17,23H,5-6,8-11H2,1H3,(H,20,24). The first-order valence-corrected chi connectivity index (χ1v) is 8.69. The van der Waals surface area contributed by atoms with Gasteiger partial charge in [-0.2, -0.15) is 0 Å². The second-order valence-electron chi connectivity index (χ2n) is 6.91. The second-order valence-corrected chi connectivity index (χ2v) is 6.91. The van der Waals surface area contributed by atoms with Gasteiger partial charge in [-0.15, -0.1) is 0 Å². The lowest BCUT2D eigenvalue weighted by Crippen LogP contribution is -2.46. The molecular weight excluding hydrogens is 306 g/mol. The van der Waals surface area contributed by atoms with Crippen molar-refractivity contribution in [3.8, 4) is 0 Å². The minimum absolute atomic E-state index is 0.0373. The molecule has 2 aliphatic rings. The van der Waals surface area contributed by atoms with Crippen LogP contribution in [0, 0.1) is 11.8 Å². The first-order chi connectivity index (χ1) is 11.5. The highest BCUT2D eigenvalue weighted by Crippen LogP contribution is 2.37. The van der Waals surface area contributed by atoms with E-state index in [0.717, 1.165) is 5.69 Å². The van der Waals surface area contributed by atoms with E-state index in [2.05, 4.69) is 10.3 Å². The summed E-state index contributed by atoms with van der Waals surface area (Å²) in [5, 5.41) is 12.8. The van der Waals surface area contributed by atoms with Crippen LogP contribution in [0.1, 0.15) is 44.3 Å². The number of rotatable bonds is 4. The van der Waals surface area contributed by atoms with Gasteiger partial charge in [0.2, 0.25) is 11.8 Å². The second kappa shape index (κ2) is 7.30. The smallest absolute Gasteiger partial charge is 0.223 e. The number of nitrogens with one attached hydrogen (secondary N) is 1. The van der Waals surface area contributed by atoms with Gasteiger partial charge in [-0.25, -0.2) is 0 Å². The first kappa shape index (κ1) is 16.9. The van der Waals surface area contributed by atoms with Crippen molar-refractivity contribution in [2.45, 2.75) is 44.8 Å². The Hall–Kier alpha value is -1.95. The van der Waals surface area contributed by atoms with Crippen LogP contribution in [0.25, 0.3) is 0 Å².